The monoisotopic (exact) mass is 384 g/mol. The molecule has 1 aromatic carbocycles. The second-order valence-corrected chi connectivity index (χ2v) is 7.71. The molecule has 0 atom stereocenters. The second-order valence-electron chi connectivity index (χ2n) is 7.71. The van der Waals surface area contributed by atoms with Crippen molar-refractivity contribution in [1.29, 1.82) is 0 Å². The SMILES string of the molecule is CC(=O)NC1CCC(Nc2ncc3cccc(OC4CCOCC4)c3n2)CC1. The van der Waals surface area contributed by atoms with Crippen LogP contribution in [-0.2, 0) is 9.53 Å². The van der Waals surface area contributed by atoms with E-state index in [-0.39, 0.29) is 18.1 Å². The molecule has 0 unspecified atom stereocenters. The van der Waals surface area contributed by atoms with Crippen molar-refractivity contribution in [3.63, 3.8) is 0 Å². The van der Waals surface area contributed by atoms with Crippen LogP contribution in [0, 0.1) is 0 Å². The molecule has 7 nitrogen and oxygen atoms in total. The number of carbonyl (C=O) groups is 1. The van der Waals surface area contributed by atoms with Crippen LogP contribution >= 0.6 is 0 Å². The van der Waals surface area contributed by atoms with Gasteiger partial charge in [-0.2, -0.15) is 0 Å². The van der Waals surface area contributed by atoms with Gasteiger partial charge in [0.2, 0.25) is 11.9 Å². The maximum atomic E-state index is 11.2. The van der Waals surface area contributed by atoms with Gasteiger partial charge in [0.15, 0.2) is 0 Å². The summed E-state index contributed by atoms with van der Waals surface area (Å²) in [6.45, 7) is 3.07. The molecule has 0 radical (unpaired) electrons. The number of benzene rings is 1. The van der Waals surface area contributed by atoms with Crippen molar-refractivity contribution in [3.8, 4) is 5.75 Å². The number of ether oxygens (including phenoxy) is 2. The fourth-order valence-corrected chi connectivity index (χ4v) is 4.02. The summed E-state index contributed by atoms with van der Waals surface area (Å²) in [5.74, 6) is 1.49. The van der Waals surface area contributed by atoms with Crippen LogP contribution in [-0.4, -0.2) is 47.3 Å². The third-order valence-electron chi connectivity index (χ3n) is 5.50. The Morgan fingerprint density at radius 3 is 2.61 bits per heavy atom. The van der Waals surface area contributed by atoms with E-state index in [0.29, 0.717) is 12.0 Å². The van der Waals surface area contributed by atoms with Gasteiger partial charge in [-0.3, -0.25) is 4.79 Å². The number of rotatable bonds is 5. The lowest BCUT2D eigenvalue weighted by Gasteiger charge is -2.29. The highest BCUT2D eigenvalue weighted by molar-refractivity contribution is 5.84. The average molecular weight is 384 g/mol. The van der Waals surface area contributed by atoms with Crippen LogP contribution in [0.15, 0.2) is 24.4 Å². The van der Waals surface area contributed by atoms with Crippen LogP contribution in [0.5, 0.6) is 5.75 Å². The Morgan fingerprint density at radius 2 is 1.86 bits per heavy atom. The summed E-state index contributed by atoms with van der Waals surface area (Å²) in [6.07, 6.45) is 7.78. The van der Waals surface area contributed by atoms with E-state index in [9.17, 15) is 4.79 Å². The number of para-hydroxylation sites is 1. The lowest BCUT2D eigenvalue weighted by Crippen LogP contribution is -2.39. The van der Waals surface area contributed by atoms with Gasteiger partial charge in [0.25, 0.3) is 0 Å². The Bertz CT molecular complexity index is 814. The average Bonchev–Trinajstić information content (AvgIpc) is 2.70. The Hall–Kier alpha value is -2.41. The first kappa shape index (κ1) is 18.9. The number of anilines is 1. The molecule has 1 saturated carbocycles. The fourth-order valence-electron chi connectivity index (χ4n) is 4.02. The van der Waals surface area contributed by atoms with Gasteiger partial charge >= 0.3 is 0 Å². The summed E-state index contributed by atoms with van der Waals surface area (Å²) in [5, 5.41) is 7.46. The maximum absolute atomic E-state index is 11.2. The number of nitrogens with zero attached hydrogens (tertiary/aromatic N) is 2. The zero-order valence-electron chi connectivity index (χ0n) is 16.3. The summed E-state index contributed by atoms with van der Waals surface area (Å²) in [5.41, 5.74) is 0.846. The van der Waals surface area contributed by atoms with Crippen LogP contribution in [0.25, 0.3) is 10.9 Å². The highest BCUT2D eigenvalue weighted by Crippen LogP contribution is 2.28. The molecule has 2 fully saturated rings. The second kappa shape index (κ2) is 8.73. The van der Waals surface area contributed by atoms with Crippen molar-refractivity contribution >= 4 is 22.8 Å². The first-order chi connectivity index (χ1) is 13.7. The van der Waals surface area contributed by atoms with Crippen LogP contribution < -0.4 is 15.4 Å². The molecule has 1 aliphatic heterocycles. The minimum absolute atomic E-state index is 0.0475. The number of fused-ring (bicyclic) bond motifs is 1. The van der Waals surface area contributed by atoms with Gasteiger partial charge in [-0.05, 0) is 31.7 Å². The minimum atomic E-state index is 0.0475. The minimum Gasteiger partial charge on any atom is -0.488 e. The third-order valence-corrected chi connectivity index (χ3v) is 5.50. The third kappa shape index (κ3) is 4.70. The van der Waals surface area contributed by atoms with Crippen molar-refractivity contribution in [2.45, 2.75) is 63.6 Å². The van der Waals surface area contributed by atoms with Gasteiger partial charge in [0, 0.05) is 43.4 Å². The number of carbonyl (C=O) groups excluding carboxylic acids is 1. The normalized spacial score (nSPS) is 23.3. The summed E-state index contributed by atoms with van der Waals surface area (Å²) in [6, 6.07) is 6.58. The standard InChI is InChI=1S/C21H28N4O3/c1-14(26)23-16-5-7-17(8-6-16)24-21-22-13-15-3-2-4-19(20(15)25-21)28-18-9-11-27-12-10-18/h2-4,13,16-18H,5-12H2,1H3,(H,23,26)(H,22,24,25). The number of hydrogen-bond donors (Lipinski definition) is 2. The van der Waals surface area contributed by atoms with Crippen molar-refractivity contribution in [2.24, 2.45) is 0 Å². The molecule has 1 aromatic heterocycles. The number of amides is 1. The van der Waals surface area contributed by atoms with Crippen LogP contribution in [0.3, 0.4) is 0 Å². The molecule has 2 aliphatic rings. The number of nitrogens with one attached hydrogen (secondary N) is 2. The zero-order valence-corrected chi connectivity index (χ0v) is 16.3. The van der Waals surface area contributed by atoms with E-state index in [1.807, 2.05) is 24.4 Å². The van der Waals surface area contributed by atoms with E-state index in [1.54, 1.807) is 6.92 Å². The van der Waals surface area contributed by atoms with Gasteiger partial charge in [0.05, 0.1) is 13.2 Å². The molecule has 1 saturated heterocycles. The van der Waals surface area contributed by atoms with E-state index < -0.39 is 0 Å². The summed E-state index contributed by atoms with van der Waals surface area (Å²) in [7, 11) is 0. The van der Waals surface area contributed by atoms with Gasteiger partial charge < -0.3 is 20.1 Å². The molecule has 0 bridgehead atoms. The van der Waals surface area contributed by atoms with Crippen molar-refractivity contribution in [3.05, 3.63) is 24.4 Å². The van der Waals surface area contributed by atoms with E-state index in [2.05, 4.69) is 15.6 Å². The molecule has 2 heterocycles. The Labute approximate surface area is 165 Å². The number of aromatic nitrogens is 2. The van der Waals surface area contributed by atoms with Gasteiger partial charge in [-0.25, -0.2) is 9.97 Å². The van der Waals surface area contributed by atoms with Gasteiger partial charge in [0.1, 0.15) is 17.4 Å². The Morgan fingerprint density at radius 1 is 1.11 bits per heavy atom. The Kier molecular flexibility index (Phi) is 5.90. The maximum Gasteiger partial charge on any atom is 0.223 e. The Balaban J connectivity index is 1.43. The lowest BCUT2D eigenvalue weighted by molar-refractivity contribution is -0.119. The molecule has 2 N–H and O–H groups in total. The van der Waals surface area contributed by atoms with E-state index >= 15 is 0 Å². The van der Waals surface area contributed by atoms with Crippen LogP contribution in [0.1, 0.15) is 45.4 Å². The van der Waals surface area contributed by atoms with E-state index in [0.717, 1.165) is 68.4 Å². The molecule has 28 heavy (non-hydrogen) atoms. The number of hydrogen-bond acceptors (Lipinski definition) is 6. The topological polar surface area (TPSA) is 85.4 Å². The summed E-state index contributed by atoms with van der Waals surface area (Å²) < 4.78 is 11.6. The predicted octanol–water partition coefficient (Wildman–Crippen LogP) is 3.05. The molecular formula is C21H28N4O3. The molecule has 7 heteroatoms. The highest BCUT2D eigenvalue weighted by atomic mass is 16.5. The predicted molar refractivity (Wildman–Crippen MR) is 107 cm³/mol. The fraction of sp³-hybridized carbons (Fsp3) is 0.571. The molecule has 2 aromatic rings. The van der Waals surface area contributed by atoms with Crippen molar-refractivity contribution < 1.29 is 14.3 Å². The molecule has 4 rings (SSSR count). The van der Waals surface area contributed by atoms with Gasteiger partial charge in [-0.15, -0.1) is 0 Å². The largest absolute Gasteiger partial charge is 0.488 e. The molecule has 1 amide bonds. The summed E-state index contributed by atoms with van der Waals surface area (Å²) >= 11 is 0. The van der Waals surface area contributed by atoms with Crippen LogP contribution in [0.4, 0.5) is 5.95 Å². The zero-order chi connectivity index (χ0) is 19.3. The smallest absolute Gasteiger partial charge is 0.223 e. The summed E-state index contributed by atoms with van der Waals surface area (Å²) in [4.78, 5) is 20.5. The van der Waals surface area contributed by atoms with Crippen molar-refractivity contribution in [2.75, 3.05) is 18.5 Å². The first-order valence-corrected chi connectivity index (χ1v) is 10.2. The van der Waals surface area contributed by atoms with E-state index in [1.165, 1.54) is 0 Å². The van der Waals surface area contributed by atoms with Crippen LogP contribution in [0.2, 0.25) is 0 Å². The molecule has 150 valence electrons. The molecule has 1 aliphatic carbocycles. The first-order valence-electron chi connectivity index (χ1n) is 10.2. The molecule has 0 spiro atoms. The quantitative estimate of drug-likeness (QED) is 0.824. The highest BCUT2D eigenvalue weighted by Gasteiger charge is 2.22. The van der Waals surface area contributed by atoms with Gasteiger partial charge in [-0.1, -0.05) is 12.1 Å². The molecular weight excluding hydrogens is 356 g/mol. The lowest BCUT2D eigenvalue weighted by atomic mass is 9.91. The van der Waals surface area contributed by atoms with E-state index in [4.69, 9.17) is 14.5 Å². The van der Waals surface area contributed by atoms with Crippen molar-refractivity contribution in [1.82, 2.24) is 15.3 Å².